The molecule has 0 aliphatic rings. The number of nitrogens with two attached hydrogens (primary N) is 1. The Morgan fingerprint density at radius 1 is 1.44 bits per heavy atom. The van der Waals surface area contributed by atoms with E-state index in [2.05, 4.69) is 0 Å². The van der Waals surface area contributed by atoms with E-state index in [0.29, 0.717) is 6.42 Å². The van der Waals surface area contributed by atoms with E-state index in [1.54, 1.807) is 6.92 Å². The van der Waals surface area contributed by atoms with Crippen molar-refractivity contribution in [3.05, 3.63) is 29.3 Å². The minimum absolute atomic E-state index is 0.00602. The zero-order valence-corrected chi connectivity index (χ0v) is 9.18. The quantitative estimate of drug-likeness (QED) is 0.614. The summed E-state index contributed by atoms with van der Waals surface area (Å²) in [5.41, 5.74) is 5.14. The van der Waals surface area contributed by atoms with Gasteiger partial charge in [0.15, 0.2) is 17.4 Å². The van der Waals surface area contributed by atoms with Crippen LogP contribution in [0.5, 0.6) is 5.75 Å². The number of hydrogen-bond acceptors (Lipinski definition) is 2. The zero-order chi connectivity index (χ0) is 12.3. The zero-order valence-electron chi connectivity index (χ0n) is 9.18. The van der Waals surface area contributed by atoms with E-state index in [1.807, 2.05) is 6.92 Å². The molecule has 1 atom stereocenters. The van der Waals surface area contributed by atoms with Crippen molar-refractivity contribution < 1.29 is 13.5 Å². The molecule has 0 aliphatic carbocycles. The Kier molecular flexibility index (Phi) is 3.82. The first-order chi connectivity index (χ1) is 7.45. The van der Waals surface area contributed by atoms with Crippen molar-refractivity contribution in [1.82, 2.24) is 0 Å². The fourth-order valence-electron chi connectivity index (χ4n) is 1.11. The van der Waals surface area contributed by atoms with Gasteiger partial charge in [-0.2, -0.15) is 0 Å². The SMILES string of the molecule is CCC(C)Oc1c(F)cc(C(=N)N)cc1F. The summed E-state index contributed by atoms with van der Waals surface area (Å²) in [6.45, 7) is 3.57. The first-order valence-corrected chi connectivity index (χ1v) is 4.95. The lowest BCUT2D eigenvalue weighted by atomic mass is 10.2. The van der Waals surface area contributed by atoms with Crippen LogP contribution in [0.3, 0.4) is 0 Å². The number of halogens is 2. The Morgan fingerprint density at radius 3 is 2.31 bits per heavy atom. The molecule has 0 saturated heterocycles. The van der Waals surface area contributed by atoms with Crippen LogP contribution >= 0.6 is 0 Å². The molecule has 0 aliphatic heterocycles. The van der Waals surface area contributed by atoms with Crippen molar-refractivity contribution in [2.24, 2.45) is 5.73 Å². The highest BCUT2D eigenvalue weighted by atomic mass is 19.1. The van der Waals surface area contributed by atoms with Crippen LogP contribution in [0.2, 0.25) is 0 Å². The standard InChI is InChI=1S/C11H14F2N2O/c1-3-6(2)16-10-8(12)4-7(11(14)15)5-9(10)13/h4-6H,3H2,1-2H3,(H3,14,15). The molecule has 3 nitrogen and oxygen atoms in total. The van der Waals surface area contributed by atoms with Crippen LogP contribution in [-0.4, -0.2) is 11.9 Å². The van der Waals surface area contributed by atoms with Crippen LogP contribution in [0, 0.1) is 17.0 Å². The predicted octanol–water partition coefficient (Wildman–Crippen LogP) is 2.43. The smallest absolute Gasteiger partial charge is 0.191 e. The Hall–Kier alpha value is -1.65. The molecule has 0 amide bonds. The fraction of sp³-hybridized carbons (Fsp3) is 0.364. The molecule has 1 unspecified atom stereocenters. The van der Waals surface area contributed by atoms with Gasteiger partial charge in [-0.15, -0.1) is 0 Å². The summed E-state index contributed by atoms with van der Waals surface area (Å²) < 4.78 is 32.0. The van der Waals surface area contributed by atoms with Crippen molar-refractivity contribution >= 4 is 5.84 Å². The average Bonchev–Trinajstić information content (AvgIpc) is 2.22. The molecule has 88 valence electrons. The minimum atomic E-state index is -0.842. The van der Waals surface area contributed by atoms with Crippen LogP contribution in [0.4, 0.5) is 8.78 Å². The van der Waals surface area contributed by atoms with E-state index in [1.165, 1.54) is 0 Å². The maximum Gasteiger partial charge on any atom is 0.191 e. The van der Waals surface area contributed by atoms with Gasteiger partial charge in [0.25, 0.3) is 0 Å². The molecule has 1 aromatic carbocycles. The van der Waals surface area contributed by atoms with Gasteiger partial charge in [-0.3, -0.25) is 5.41 Å². The van der Waals surface area contributed by atoms with Gasteiger partial charge in [0.1, 0.15) is 5.84 Å². The number of hydrogen-bond donors (Lipinski definition) is 2. The number of benzene rings is 1. The summed E-state index contributed by atoms with van der Waals surface area (Å²) in [4.78, 5) is 0. The molecule has 0 radical (unpaired) electrons. The summed E-state index contributed by atoms with van der Waals surface area (Å²) in [6.07, 6.45) is 0.375. The predicted molar refractivity (Wildman–Crippen MR) is 57.8 cm³/mol. The van der Waals surface area contributed by atoms with E-state index < -0.39 is 17.4 Å². The molecule has 16 heavy (non-hydrogen) atoms. The first-order valence-electron chi connectivity index (χ1n) is 4.95. The number of nitrogen functional groups attached to an aromatic ring is 1. The maximum absolute atomic E-state index is 13.5. The Bertz CT molecular complexity index is 384. The molecule has 1 aromatic rings. The number of nitrogens with one attached hydrogen (secondary N) is 1. The normalized spacial score (nSPS) is 12.2. The van der Waals surface area contributed by atoms with Crippen LogP contribution < -0.4 is 10.5 Å². The van der Waals surface area contributed by atoms with Gasteiger partial charge in [0, 0.05) is 5.56 Å². The highest BCUT2D eigenvalue weighted by Crippen LogP contribution is 2.24. The van der Waals surface area contributed by atoms with E-state index >= 15 is 0 Å². The topological polar surface area (TPSA) is 59.1 Å². The van der Waals surface area contributed by atoms with Gasteiger partial charge in [-0.05, 0) is 25.5 Å². The monoisotopic (exact) mass is 228 g/mol. The number of amidine groups is 1. The molecule has 1 rings (SSSR count). The maximum atomic E-state index is 13.5. The molecule has 5 heteroatoms. The molecule has 0 heterocycles. The van der Waals surface area contributed by atoms with Crippen LogP contribution in [0.1, 0.15) is 25.8 Å². The number of rotatable bonds is 4. The highest BCUT2D eigenvalue weighted by Gasteiger charge is 2.15. The van der Waals surface area contributed by atoms with Crippen molar-refractivity contribution in [3.8, 4) is 5.75 Å². The third kappa shape index (κ3) is 2.68. The van der Waals surface area contributed by atoms with E-state index in [0.717, 1.165) is 12.1 Å². The summed E-state index contributed by atoms with van der Waals surface area (Å²) in [7, 11) is 0. The number of ether oxygens (including phenoxy) is 1. The second kappa shape index (κ2) is 4.92. The summed E-state index contributed by atoms with van der Waals surface area (Å²) in [5.74, 6) is -2.48. The largest absolute Gasteiger partial charge is 0.485 e. The molecule has 0 fully saturated rings. The van der Waals surface area contributed by atoms with Crippen molar-refractivity contribution in [1.29, 1.82) is 5.41 Å². The van der Waals surface area contributed by atoms with Gasteiger partial charge in [-0.25, -0.2) is 8.78 Å². The summed E-state index contributed by atoms with van der Waals surface area (Å²) in [6, 6.07) is 1.98. The Balaban J connectivity index is 3.07. The highest BCUT2D eigenvalue weighted by molar-refractivity contribution is 5.95. The molecular weight excluding hydrogens is 214 g/mol. The lowest BCUT2D eigenvalue weighted by Gasteiger charge is -2.14. The van der Waals surface area contributed by atoms with Crippen LogP contribution in [0.15, 0.2) is 12.1 Å². The minimum Gasteiger partial charge on any atom is -0.485 e. The van der Waals surface area contributed by atoms with Crippen molar-refractivity contribution in [3.63, 3.8) is 0 Å². The summed E-state index contributed by atoms with van der Waals surface area (Å²) >= 11 is 0. The lowest BCUT2D eigenvalue weighted by Crippen LogP contribution is -2.15. The molecule has 0 saturated carbocycles. The van der Waals surface area contributed by atoms with Gasteiger partial charge in [0.05, 0.1) is 6.10 Å². The van der Waals surface area contributed by atoms with E-state index in [-0.39, 0.29) is 17.5 Å². The summed E-state index contributed by atoms with van der Waals surface area (Å²) in [5, 5.41) is 7.08. The third-order valence-electron chi connectivity index (χ3n) is 2.20. The first kappa shape index (κ1) is 12.4. The molecule has 0 bridgehead atoms. The van der Waals surface area contributed by atoms with Gasteiger partial charge in [0.2, 0.25) is 0 Å². The van der Waals surface area contributed by atoms with E-state index in [9.17, 15) is 8.78 Å². The van der Waals surface area contributed by atoms with Crippen LogP contribution in [-0.2, 0) is 0 Å². The third-order valence-corrected chi connectivity index (χ3v) is 2.20. The molecule has 0 aromatic heterocycles. The van der Waals surface area contributed by atoms with Crippen molar-refractivity contribution in [2.45, 2.75) is 26.4 Å². The Morgan fingerprint density at radius 2 is 1.94 bits per heavy atom. The van der Waals surface area contributed by atoms with Crippen molar-refractivity contribution in [2.75, 3.05) is 0 Å². The van der Waals surface area contributed by atoms with E-state index in [4.69, 9.17) is 15.9 Å². The Labute approximate surface area is 92.7 Å². The van der Waals surface area contributed by atoms with Gasteiger partial charge in [-0.1, -0.05) is 6.92 Å². The second-order valence-corrected chi connectivity index (χ2v) is 3.52. The molecule has 0 spiro atoms. The van der Waals surface area contributed by atoms with Crippen LogP contribution in [0.25, 0.3) is 0 Å². The second-order valence-electron chi connectivity index (χ2n) is 3.52. The molecule has 3 N–H and O–H groups in total. The van der Waals surface area contributed by atoms with Gasteiger partial charge >= 0.3 is 0 Å². The van der Waals surface area contributed by atoms with Gasteiger partial charge < -0.3 is 10.5 Å². The molecular formula is C11H14F2N2O. The average molecular weight is 228 g/mol. The lowest BCUT2D eigenvalue weighted by molar-refractivity contribution is 0.197. The fourth-order valence-corrected chi connectivity index (χ4v) is 1.11.